The van der Waals surface area contributed by atoms with Crippen LogP contribution >= 0.6 is 0 Å². The SMILES string of the molecule is COc1ccc(Oc2ccccc2)cc1C(=O)C1CCCCC1. The summed E-state index contributed by atoms with van der Waals surface area (Å²) in [5, 5.41) is 0. The van der Waals surface area contributed by atoms with Crippen LogP contribution in [0.15, 0.2) is 48.5 Å². The maximum atomic E-state index is 12.8. The van der Waals surface area contributed by atoms with Gasteiger partial charge in [0.15, 0.2) is 5.78 Å². The van der Waals surface area contributed by atoms with E-state index in [-0.39, 0.29) is 11.7 Å². The number of carbonyl (C=O) groups is 1. The van der Waals surface area contributed by atoms with Crippen molar-refractivity contribution in [2.24, 2.45) is 5.92 Å². The van der Waals surface area contributed by atoms with Crippen molar-refractivity contribution < 1.29 is 14.3 Å². The lowest BCUT2D eigenvalue weighted by Crippen LogP contribution is -2.18. The number of carbonyl (C=O) groups excluding carboxylic acids is 1. The van der Waals surface area contributed by atoms with Gasteiger partial charge in [0.25, 0.3) is 0 Å². The van der Waals surface area contributed by atoms with Crippen LogP contribution in [0.1, 0.15) is 42.5 Å². The first-order valence-electron chi connectivity index (χ1n) is 8.23. The molecule has 23 heavy (non-hydrogen) atoms. The Morgan fingerprint density at radius 2 is 1.70 bits per heavy atom. The molecule has 120 valence electrons. The summed E-state index contributed by atoms with van der Waals surface area (Å²) >= 11 is 0. The van der Waals surface area contributed by atoms with Crippen molar-refractivity contribution in [1.29, 1.82) is 0 Å². The Morgan fingerprint density at radius 3 is 2.39 bits per heavy atom. The molecule has 2 aromatic carbocycles. The van der Waals surface area contributed by atoms with Crippen LogP contribution in [0.2, 0.25) is 0 Å². The monoisotopic (exact) mass is 310 g/mol. The first-order valence-corrected chi connectivity index (χ1v) is 8.23. The minimum Gasteiger partial charge on any atom is -0.496 e. The van der Waals surface area contributed by atoms with Gasteiger partial charge in [-0.3, -0.25) is 4.79 Å². The van der Waals surface area contributed by atoms with Gasteiger partial charge >= 0.3 is 0 Å². The van der Waals surface area contributed by atoms with Gasteiger partial charge in [-0.25, -0.2) is 0 Å². The number of methoxy groups -OCH3 is 1. The molecule has 0 radical (unpaired) electrons. The second-order valence-electron chi connectivity index (χ2n) is 5.98. The summed E-state index contributed by atoms with van der Waals surface area (Å²) < 4.78 is 11.2. The molecule has 1 saturated carbocycles. The fourth-order valence-corrected chi connectivity index (χ4v) is 3.15. The number of ketones is 1. The van der Waals surface area contributed by atoms with Crippen LogP contribution in [0.25, 0.3) is 0 Å². The first kappa shape index (κ1) is 15.6. The number of hydrogen-bond donors (Lipinski definition) is 0. The van der Waals surface area contributed by atoms with E-state index in [0.717, 1.165) is 31.4 Å². The van der Waals surface area contributed by atoms with Crippen molar-refractivity contribution in [3.63, 3.8) is 0 Å². The van der Waals surface area contributed by atoms with Crippen LogP contribution in [0.4, 0.5) is 0 Å². The summed E-state index contributed by atoms with van der Waals surface area (Å²) in [6, 6.07) is 15.0. The molecule has 0 unspecified atom stereocenters. The highest BCUT2D eigenvalue weighted by Gasteiger charge is 2.25. The summed E-state index contributed by atoms with van der Waals surface area (Å²) in [6.07, 6.45) is 5.47. The quantitative estimate of drug-likeness (QED) is 0.707. The highest BCUT2D eigenvalue weighted by Crippen LogP contribution is 2.33. The van der Waals surface area contributed by atoms with Crippen LogP contribution in [-0.2, 0) is 0 Å². The Labute approximate surface area is 137 Å². The molecule has 2 aromatic rings. The zero-order valence-electron chi connectivity index (χ0n) is 13.5. The van der Waals surface area contributed by atoms with Crippen LogP contribution in [0.3, 0.4) is 0 Å². The summed E-state index contributed by atoms with van der Waals surface area (Å²) in [6.45, 7) is 0. The topological polar surface area (TPSA) is 35.5 Å². The molecule has 1 aliphatic rings. The molecule has 0 saturated heterocycles. The molecule has 3 heteroatoms. The number of para-hydroxylation sites is 1. The summed E-state index contributed by atoms with van der Waals surface area (Å²) in [5.41, 5.74) is 0.632. The number of benzene rings is 2. The van der Waals surface area contributed by atoms with E-state index in [4.69, 9.17) is 9.47 Å². The molecule has 0 aliphatic heterocycles. The lowest BCUT2D eigenvalue weighted by atomic mass is 9.83. The minimum atomic E-state index is 0.115. The average molecular weight is 310 g/mol. The standard InChI is InChI=1S/C20H22O3/c1-22-19-13-12-17(23-16-10-6-3-7-11-16)14-18(19)20(21)15-8-4-2-5-9-15/h3,6-7,10-15H,2,4-5,8-9H2,1H3. The van der Waals surface area contributed by atoms with Gasteiger partial charge in [-0.05, 0) is 43.2 Å². The predicted octanol–water partition coefficient (Wildman–Crippen LogP) is 5.25. The summed E-state index contributed by atoms with van der Waals surface area (Å²) in [5.74, 6) is 2.34. The van der Waals surface area contributed by atoms with Gasteiger partial charge in [-0.2, -0.15) is 0 Å². The van der Waals surface area contributed by atoms with E-state index in [1.807, 2.05) is 48.5 Å². The number of rotatable bonds is 5. The molecule has 0 bridgehead atoms. The van der Waals surface area contributed by atoms with Crippen LogP contribution in [0.5, 0.6) is 17.2 Å². The van der Waals surface area contributed by atoms with Crippen molar-refractivity contribution in [3.05, 3.63) is 54.1 Å². The Bertz CT molecular complexity index is 658. The summed E-state index contributed by atoms with van der Waals surface area (Å²) in [7, 11) is 1.60. The maximum absolute atomic E-state index is 12.8. The van der Waals surface area contributed by atoms with E-state index >= 15 is 0 Å². The Kier molecular flexibility index (Phi) is 4.96. The van der Waals surface area contributed by atoms with Crippen molar-refractivity contribution in [2.45, 2.75) is 32.1 Å². The van der Waals surface area contributed by atoms with E-state index in [9.17, 15) is 4.79 Å². The highest BCUT2D eigenvalue weighted by atomic mass is 16.5. The average Bonchev–Trinajstić information content (AvgIpc) is 2.62. The predicted molar refractivity (Wildman–Crippen MR) is 90.4 cm³/mol. The third kappa shape index (κ3) is 3.73. The number of ether oxygens (including phenoxy) is 2. The largest absolute Gasteiger partial charge is 0.496 e. The Hall–Kier alpha value is -2.29. The van der Waals surface area contributed by atoms with Crippen molar-refractivity contribution in [1.82, 2.24) is 0 Å². The lowest BCUT2D eigenvalue weighted by Gasteiger charge is -2.21. The zero-order chi connectivity index (χ0) is 16.1. The van der Waals surface area contributed by atoms with Gasteiger partial charge in [-0.15, -0.1) is 0 Å². The smallest absolute Gasteiger partial charge is 0.169 e. The van der Waals surface area contributed by atoms with Gasteiger partial charge < -0.3 is 9.47 Å². The first-order chi connectivity index (χ1) is 11.3. The van der Waals surface area contributed by atoms with E-state index in [2.05, 4.69) is 0 Å². The molecule has 1 aliphatic carbocycles. The second-order valence-corrected chi connectivity index (χ2v) is 5.98. The maximum Gasteiger partial charge on any atom is 0.169 e. The van der Waals surface area contributed by atoms with Gasteiger partial charge in [0, 0.05) is 5.92 Å². The molecule has 0 heterocycles. The molecule has 0 atom stereocenters. The lowest BCUT2D eigenvalue weighted by molar-refractivity contribution is 0.0886. The minimum absolute atomic E-state index is 0.115. The molecule has 0 aromatic heterocycles. The van der Waals surface area contributed by atoms with E-state index in [1.165, 1.54) is 6.42 Å². The van der Waals surface area contributed by atoms with Crippen LogP contribution in [0, 0.1) is 5.92 Å². The molecule has 1 fully saturated rings. The molecule has 0 amide bonds. The van der Waals surface area contributed by atoms with Crippen molar-refractivity contribution >= 4 is 5.78 Å². The molecular formula is C20H22O3. The van der Waals surface area contributed by atoms with Gasteiger partial charge in [0.1, 0.15) is 17.2 Å². The molecule has 0 spiro atoms. The van der Waals surface area contributed by atoms with E-state index in [0.29, 0.717) is 17.1 Å². The highest BCUT2D eigenvalue weighted by molar-refractivity contribution is 6.00. The Balaban J connectivity index is 1.85. The number of hydrogen-bond acceptors (Lipinski definition) is 3. The Morgan fingerprint density at radius 1 is 0.957 bits per heavy atom. The third-order valence-electron chi connectivity index (χ3n) is 4.39. The molecule has 0 N–H and O–H groups in total. The van der Waals surface area contributed by atoms with Crippen molar-refractivity contribution in [2.75, 3.05) is 7.11 Å². The normalized spacial score (nSPS) is 15.2. The van der Waals surface area contributed by atoms with Crippen LogP contribution < -0.4 is 9.47 Å². The molecular weight excluding hydrogens is 288 g/mol. The molecule has 3 nitrogen and oxygen atoms in total. The molecule has 3 rings (SSSR count). The van der Waals surface area contributed by atoms with Crippen molar-refractivity contribution in [3.8, 4) is 17.2 Å². The zero-order valence-corrected chi connectivity index (χ0v) is 13.5. The third-order valence-corrected chi connectivity index (χ3v) is 4.39. The van der Waals surface area contributed by atoms with E-state index in [1.54, 1.807) is 7.11 Å². The fourth-order valence-electron chi connectivity index (χ4n) is 3.15. The number of Topliss-reactive ketones (excluding diaryl/α,β-unsaturated/α-hetero) is 1. The van der Waals surface area contributed by atoms with Gasteiger partial charge in [0.2, 0.25) is 0 Å². The van der Waals surface area contributed by atoms with E-state index < -0.39 is 0 Å². The van der Waals surface area contributed by atoms with Gasteiger partial charge in [-0.1, -0.05) is 37.5 Å². The summed E-state index contributed by atoms with van der Waals surface area (Å²) in [4.78, 5) is 12.8. The fraction of sp³-hybridized carbons (Fsp3) is 0.350. The van der Waals surface area contributed by atoms with Crippen LogP contribution in [-0.4, -0.2) is 12.9 Å². The second kappa shape index (κ2) is 7.32. The van der Waals surface area contributed by atoms with Gasteiger partial charge in [0.05, 0.1) is 12.7 Å².